The van der Waals surface area contributed by atoms with Crippen LogP contribution in [0.2, 0.25) is 5.02 Å². The monoisotopic (exact) mass is 294 g/mol. The summed E-state index contributed by atoms with van der Waals surface area (Å²) >= 11 is 5.99. The zero-order chi connectivity index (χ0) is 14.5. The molecule has 0 spiro atoms. The molecule has 0 fully saturated rings. The second-order valence-electron chi connectivity index (χ2n) is 4.17. The predicted molar refractivity (Wildman–Crippen MR) is 75.8 cm³/mol. The lowest BCUT2D eigenvalue weighted by molar-refractivity contribution is 0.0942. The maximum atomic E-state index is 12.1. The number of hydrogen-bond donors (Lipinski definition) is 2. The van der Waals surface area contributed by atoms with E-state index in [4.69, 9.17) is 16.1 Å². The number of nitrogens with one attached hydrogen (secondary N) is 2. The number of pyridine rings is 1. The number of anilines is 1. The van der Waals surface area contributed by atoms with Crippen LogP contribution in [0, 0.1) is 6.92 Å². The van der Waals surface area contributed by atoms with Crippen molar-refractivity contribution in [3.63, 3.8) is 0 Å². The van der Waals surface area contributed by atoms with E-state index in [0.29, 0.717) is 23.1 Å². The van der Waals surface area contributed by atoms with E-state index in [1.54, 1.807) is 18.2 Å². The number of amides is 1. The average Bonchev–Trinajstić information content (AvgIpc) is 2.84. The van der Waals surface area contributed by atoms with Crippen molar-refractivity contribution < 1.29 is 9.32 Å². The molecule has 1 amide bonds. The van der Waals surface area contributed by atoms with E-state index in [9.17, 15) is 4.79 Å². The Morgan fingerprint density at radius 1 is 1.45 bits per heavy atom. The second kappa shape index (κ2) is 6.38. The molecule has 2 heterocycles. The Morgan fingerprint density at radius 2 is 2.25 bits per heavy atom. The minimum absolute atomic E-state index is 0.182. The zero-order valence-corrected chi connectivity index (χ0v) is 12.0. The number of nitrogens with zero attached hydrogens (tertiary/aromatic N) is 2. The summed E-state index contributed by atoms with van der Waals surface area (Å²) in [5.74, 6) is 0.830. The summed E-state index contributed by atoms with van der Waals surface area (Å²) in [6.45, 7) is 4.71. The van der Waals surface area contributed by atoms with Gasteiger partial charge in [-0.3, -0.25) is 4.79 Å². The Balaban J connectivity index is 2.06. The number of carbonyl (C=O) groups excluding carboxylic acids is 1. The van der Waals surface area contributed by atoms with E-state index in [2.05, 4.69) is 20.8 Å². The van der Waals surface area contributed by atoms with Gasteiger partial charge in [-0.15, -0.1) is 0 Å². The van der Waals surface area contributed by atoms with Crippen molar-refractivity contribution in [1.29, 1.82) is 0 Å². The van der Waals surface area contributed by atoms with Crippen molar-refractivity contribution in [3.8, 4) is 0 Å². The smallest absolute Gasteiger partial charge is 0.271 e. The Bertz CT molecular complexity index is 612. The largest absolute Gasteiger partial charge is 0.370 e. The molecular formula is C13H15ClN4O2. The molecule has 0 aromatic carbocycles. The molecule has 6 nitrogen and oxygen atoms in total. The first-order valence-corrected chi connectivity index (χ1v) is 6.58. The van der Waals surface area contributed by atoms with E-state index in [1.807, 2.05) is 13.8 Å². The Kier molecular flexibility index (Phi) is 4.57. The number of hydrogen-bond acceptors (Lipinski definition) is 5. The van der Waals surface area contributed by atoms with Gasteiger partial charge in [-0.1, -0.05) is 16.8 Å². The molecule has 2 rings (SSSR count). The molecule has 0 saturated heterocycles. The minimum atomic E-state index is -0.358. The Morgan fingerprint density at radius 3 is 2.90 bits per heavy atom. The summed E-state index contributed by atoms with van der Waals surface area (Å²) in [4.78, 5) is 16.2. The fourth-order valence-electron chi connectivity index (χ4n) is 1.63. The number of aryl methyl sites for hydroxylation is 1. The molecule has 0 unspecified atom stereocenters. The first-order valence-electron chi connectivity index (χ1n) is 6.21. The van der Waals surface area contributed by atoms with Crippen LogP contribution in [0.5, 0.6) is 0 Å². The summed E-state index contributed by atoms with van der Waals surface area (Å²) in [5, 5.41) is 9.77. The van der Waals surface area contributed by atoms with Crippen molar-refractivity contribution >= 4 is 23.3 Å². The fourth-order valence-corrected chi connectivity index (χ4v) is 1.82. The number of carbonyl (C=O) groups is 1. The Hall–Kier alpha value is -2.08. The molecule has 0 radical (unpaired) electrons. The highest BCUT2D eigenvalue weighted by Crippen LogP contribution is 2.16. The van der Waals surface area contributed by atoms with Crippen LogP contribution in [-0.4, -0.2) is 22.6 Å². The molecule has 0 aliphatic carbocycles. The SMILES string of the molecule is CCNc1ccc(Cl)c(C(=O)NCc2cc(C)no2)n1. The first kappa shape index (κ1) is 14.3. The van der Waals surface area contributed by atoms with Gasteiger partial charge >= 0.3 is 0 Å². The van der Waals surface area contributed by atoms with Crippen LogP contribution in [0.3, 0.4) is 0 Å². The number of aromatic nitrogens is 2. The van der Waals surface area contributed by atoms with Crippen molar-refractivity contribution in [2.24, 2.45) is 0 Å². The highest BCUT2D eigenvalue weighted by Gasteiger charge is 2.13. The predicted octanol–water partition coefficient (Wildman–Crippen LogP) is 2.39. The lowest BCUT2D eigenvalue weighted by Crippen LogP contribution is -2.24. The molecule has 0 aliphatic rings. The minimum Gasteiger partial charge on any atom is -0.370 e. The van der Waals surface area contributed by atoms with Crippen molar-refractivity contribution in [2.75, 3.05) is 11.9 Å². The lowest BCUT2D eigenvalue weighted by atomic mass is 10.3. The molecular weight excluding hydrogens is 280 g/mol. The summed E-state index contributed by atoms with van der Waals surface area (Å²) in [5.41, 5.74) is 0.945. The summed E-state index contributed by atoms with van der Waals surface area (Å²) in [7, 11) is 0. The van der Waals surface area contributed by atoms with Crippen LogP contribution < -0.4 is 10.6 Å². The molecule has 0 saturated carbocycles. The third-order valence-corrected chi connectivity index (χ3v) is 2.82. The molecule has 0 atom stereocenters. The van der Waals surface area contributed by atoms with Gasteiger partial charge in [0.05, 0.1) is 17.3 Å². The van der Waals surface area contributed by atoms with Gasteiger partial charge < -0.3 is 15.2 Å². The zero-order valence-electron chi connectivity index (χ0n) is 11.2. The third-order valence-electron chi connectivity index (χ3n) is 2.52. The van der Waals surface area contributed by atoms with Gasteiger partial charge in [0, 0.05) is 12.6 Å². The topological polar surface area (TPSA) is 80.0 Å². The highest BCUT2D eigenvalue weighted by atomic mass is 35.5. The maximum absolute atomic E-state index is 12.1. The van der Waals surface area contributed by atoms with E-state index >= 15 is 0 Å². The summed E-state index contributed by atoms with van der Waals surface area (Å²) in [6.07, 6.45) is 0. The van der Waals surface area contributed by atoms with Gasteiger partial charge in [-0.05, 0) is 26.0 Å². The van der Waals surface area contributed by atoms with Crippen LogP contribution in [0.1, 0.15) is 28.9 Å². The molecule has 20 heavy (non-hydrogen) atoms. The maximum Gasteiger partial charge on any atom is 0.271 e. The molecule has 2 aromatic rings. The quantitative estimate of drug-likeness (QED) is 0.885. The van der Waals surface area contributed by atoms with Crippen LogP contribution in [0.25, 0.3) is 0 Å². The van der Waals surface area contributed by atoms with Gasteiger partial charge in [0.25, 0.3) is 5.91 Å². The number of rotatable bonds is 5. The lowest BCUT2D eigenvalue weighted by Gasteiger charge is -2.07. The van der Waals surface area contributed by atoms with E-state index in [1.165, 1.54) is 0 Å². The van der Waals surface area contributed by atoms with E-state index in [0.717, 1.165) is 5.69 Å². The summed E-state index contributed by atoms with van der Waals surface area (Å²) in [6, 6.07) is 5.12. The van der Waals surface area contributed by atoms with Crippen LogP contribution in [-0.2, 0) is 6.54 Å². The van der Waals surface area contributed by atoms with Crippen molar-refractivity contribution in [3.05, 3.63) is 40.4 Å². The molecule has 7 heteroatoms. The van der Waals surface area contributed by atoms with Gasteiger partial charge in [-0.25, -0.2) is 4.98 Å². The molecule has 0 bridgehead atoms. The van der Waals surface area contributed by atoms with Crippen molar-refractivity contribution in [2.45, 2.75) is 20.4 Å². The molecule has 106 valence electrons. The van der Waals surface area contributed by atoms with Crippen LogP contribution >= 0.6 is 11.6 Å². The highest BCUT2D eigenvalue weighted by molar-refractivity contribution is 6.33. The van der Waals surface area contributed by atoms with E-state index < -0.39 is 0 Å². The normalized spacial score (nSPS) is 10.3. The summed E-state index contributed by atoms with van der Waals surface area (Å²) < 4.78 is 5.01. The average molecular weight is 295 g/mol. The standard InChI is InChI=1S/C13H15ClN4O2/c1-3-15-11-5-4-10(14)12(17-11)13(19)16-7-9-6-8(2)18-20-9/h4-6H,3,7H2,1-2H3,(H,15,17)(H,16,19). The number of halogens is 1. The third kappa shape index (κ3) is 3.48. The van der Waals surface area contributed by atoms with E-state index in [-0.39, 0.29) is 18.1 Å². The van der Waals surface area contributed by atoms with Gasteiger partial charge in [0.15, 0.2) is 5.76 Å². The van der Waals surface area contributed by atoms with Crippen molar-refractivity contribution in [1.82, 2.24) is 15.5 Å². The van der Waals surface area contributed by atoms with Gasteiger partial charge in [-0.2, -0.15) is 0 Å². The molecule has 2 N–H and O–H groups in total. The van der Waals surface area contributed by atoms with Gasteiger partial charge in [0.2, 0.25) is 0 Å². The molecule has 0 aliphatic heterocycles. The Labute approximate surface area is 121 Å². The second-order valence-corrected chi connectivity index (χ2v) is 4.58. The van der Waals surface area contributed by atoms with Crippen LogP contribution in [0.4, 0.5) is 5.82 Å². The van der Waals surface area contributed by atoms with Gasteiger partial charge in [0.1, 0.15) is 11.5 Å². The first-order chi connectivity index (χ1) is 9.60. The molecule has 2 aromatic heterocycles. The van der Waals surface area contributed by atoms with Crippen LogP contribution in [0.15, 0.2) is 22.7 Å². The fraction of sp³-hybridized carbons (Fsp3) is 0.308.